The van der Waals surface area contributed by atoms with Crippen molar-refractivity contribution in [3.05, 3.63) is 76.3 Å². The number of carbonyl (C=O) groups excluding carboxylic acids is 1. The van der Waals surface area contributed by atoms with Crippen LogP contribution in [0, 0.1) is 17.0 Å². The fourth-order valence-corrected chi connectivity index (χ4v) is 4.76. The molecule has 1 unspecified atom stereocenters. The Labute approximate surface area is 192 Å². The number of fused-ring (bicyclic) bond motifs is 1. The van der Waals surface area contributed by atoms with Crippen LogP contribution in [0.5, 0.6) is 5.75 Å². The molecule has 0 aromatic heterocycles. The molecule has 1 N–H and O–H groups in total. The number of sulfonamides is 1. The van der Waals surface area contributed by atoms with Gasteiger partial charge in [0.15, 0.2) is 0 Å². The minimum absolute atomic E-state index is 0.0846. The van der Waals surface area contributed by atoms with E-state index >= 15 is 0 Å². The van der Waals surface area contributed by atoms with Crippen molar-refractivity contribution in [3.8, 4) is 5.75 Å². The van der Waals surface area contributed by atoms with Crippen LogP contribution in [-0.2, 0) is 14.8 Å². The van der Waals surface area contributed by atoms with Gasteiger partial charge in [-0.25, -0.2) is 8.42 Å². The molecule has 0 saturated heterocycles. The van der Waals surface area contributed by atoms with E-state index in [1.807, 2.05) is 42.5 Å². The number of nitro groups is 1. The van der Waals surface area contributed by atoms with Crippen LogP contribution in [0.3, 0.4) is 0 Å². The second-order valence-electron chi connectivity index (χ2n) is 7.58. The van der Waals surface area contributed by atoms with Crippen LogP contribution in [0.1, 0.15) is 12.5 Å². The summed E-state index contributed by atoms with van der Waals surface area (Å²) in [7, 11) is -3.91. The van der Waals surface area contributed by atoms with Crippen molar-refractivity contribution in [2.45, 2.75) is 19.9 Å². The highest BCUT2D eigenvalue weighted by Crippen LogP contribution is 2.29. The average molecular weight is 472 g/mol. The van der Waals surface area contributed by atoms with E-state index in [4.69, 9.17) is 4.74 Å². The van der Waals surface area contributed by atoms with Crippen molar-refractivity contribution in [3.63, 3.8) is 0 Å². The largest absolute Gasteiger partial charge is 0.491 e. The number of anilines is 1. The molecule has 33 heavy (non-hydrogen) atoms. The van der Waals surface area contributed by atoms with E-state index in [0.717, 1.165) is 27.4 Å². The molecule has 0 aliphatic heterocycles. The molecule has 0 fully saturated rings. The Hall–Kier alpha value is -3.66. The van der Waals surface area contributed by atoms with Crippen LogP contribution < -0.4 is 14.4 Å². The maximum atomic E-state index is 12.8. The number of hydrogen-bond donors (Lipinski definition) is 1. The lowest BCUT2D eigenvalue weighted by molar-refractivity contribution is -0.384. The SMILES string of the molecule is Cc1ccc([N+](=O)[O-])cc1N(C(C)C(=O)NCCOc1cccc2ccccc12)S(C)(=O)=O. The maximum Gasteiger partial charge on any atom is 0.271 e. The van der Waals surface area contributed by atoms with Gasteiger partial charge in [0.2, 0.25) is 15.9 Å². The van der Waals surface area contributed by atoms with Gasteiger partial charge in [0.1, 0.15) is 18.4 Å². The summed E-state index contributed by atoms with van der Waals surface area (Å²) in [5.41, 5.74) is 0.312. The van der Waals surface area contributed by atoms with E-state index in [9.17, 15) is 23.3 Å². The first-order valence-electron chi connectivity index (χ1n) is 10.2. The summed E-state index contributed by atoms with van der Waals surface area (Å²) in [5, 5.41) is 15.8. The molecule has 0 radical (unpaired) electrons. The van der Waals surface area contributed by atoms with Crippen LogP contribution in [0.15, 0.2) is 60.7 Å². The molecule has 10 heteroatoms. The van der Waals surface area contributed by atoms with E-state index in [0.29, 0.717) is 11.3 Å². The first-order valence-corrected chi connectivity index (χ1v) is 12.1. The molecule has 0 spiro atoms. The minimum Gasteiger partial charge on any atom is -0.491 e. The minimum atomic E-state index is -3.91. The average Bonchev–Trinajstić information content (AvgIpc) is 2.76. The van der Waals surface area contributed by atoms with E-state index in [-0.39, 0.29) is 24.5 Å². The summed E-state index contributed by atoms with van der Waals surface area (Å²) in [6.45, 7) is 3.39. The third-order valence-electron chi connectivity index (χ3n) is 5.14. The van der Waals surface area contributed by atoms with E-state index in [2.05, 4.69) is 5.32 Å². The zero-order chi connectivity index (χ0) is 24.2. The summed E-state index contributed by atoms with van der Waals surface area (Å²) in [5.74, 6) is 0.133. The molecule has 3 rings (SSSR count). The van der Waals surface area contributed by atoms with Gasteiger partial charge in [0, 0.05) is 17.5 Å². The second-order valence-corrected chi connectivity index (χ2v) is 9.44. The molecule has 0 aliphatic rings. The van der Waals surface area contributed by atoms with Crippen LogP contribution in [-0.4, -0.2) is 44.7 Å². The quantitative estimate of drug-likeness (QED) is 0.290. The van der Waals surface area contributed by atoms with Crippen molar-refractivity contribution in [2.24, 2.45) is 0 Å². The lowest BCUT2D eigenvalue weighted by Gasteiger charge is -2.29. The molecule has 1 amide bonds. The van der Waals surface area contributed by atoms with Gasteiger partial charge >= 0.3 is 0 Å². The highest BCUT2D eigenvalue weighted by atomic mass is 32.2. The number of ether oxygens (including phenoxy) is 1. The van der Waals surface area contributed by atoms with Crippen LogP contribution >= 0.6 is 0 Å². The Balaban J connectivity index is 1.70. The van der Waals surface area contributed by atoms with Gasteiger partial charge < -0.3 is 10.1 Å². The summed E-state index contributed by atoms with van der Waals surface area (Å²) in [6.07, 6.45) is 0.957. The zero-order valence-electron chi connectivity index (χ0n) is 18.5. The number of amides is 1. The summed E-state index contributed by atoms with van der Waals surface area (Å²) >= 11 is 0. The number of rotatable bonds is 9. The Morgan fingerprint density at radius 2 is 1.85 bits per heavy atom. The Morgan fingerprint density at radius 1 is 1.15 bits per heavy atom. The molecule has 3 aromatic carbocycles. The third-order valence-corrected chi connectivity index (χ3v) is 6.37. The molecule has 1 atom stereocenters. The fraction of sp³-hybridized carbons (Fsp3) is 0.261. The Kier molecular flexibility index (Phi) is 7.17. The van der Waals surface area contributed by atoms with Crippen LogP contribution in [0.25, 0.3) is 10.8 Å². The topological polar surface area (TPSA) is 119 Å². The van der Waals surface area contributed by atoms with Crippen LogP contribution in [0.2, 0.25) is 0 Å². The standard InChI is InChI=1S/C23H25N3O6S/c1-16-11-12-19(26(28)29)15-21(16)25(33(3,30)31)17(2)23(27)24-13-14-32-22-10-6-8-18-7-4-5-9-20(18)22/h4-12,15,17H,13-14H2,1-3H3,(H,24,27). The van der Waals surface area contributed by atoms with Gasteiger partial charge in [0.25, 0.3) is 5.69 Å². The molecule has 0 bridgehead atoms. The molecule has 174 valence electrons. The van der Waals surface area contributed by atoms with Crippen LogP contribution in [0.4, 0.5) is 11.4 Å². The number of aryl methyl sites for hydroxylation is 1. The van der Waals surface area contributed by atoms with E-state index in [1.54, 1.807) is 6.92 Å². The number of non-ortho nitro benzene ring substituents is 1. The fourth-order valence-electron chi connectivity index (χ4n) is 3.53. The normalized spacial score (nSPS) is 12.2. The number of nitrogens with one attached hydrogen (secondary N) is 1. The van der Waals surface area contributed by atoms with E-state index in [1.165, 1.54) is 19.1 Å². The smallest absolute Gasteiger partial charge is 0.271 e. The maximum absolute atomic E-state index is 12.8. The molecule has 0 saturated carbocycles. The summed E-state index contributed by atoms with van der Waals surface area (Å²) in [6, 6.07) is 16.2. The predicted molar refractivity (Wildman–Crippen MR) is 127 cm³/mol. The molecule has 0 aliphatic carbocycles. The van der Waals surface area contributed by atoms with Crippen molar-refractivity contribution in [1.29, 1.82) is 0 Å². The van der Waals surface area contributed by atoms with Gasteiger partial charge in [-0.1, -0.05) is 42.5 Å². The lowest BCUT2D eigenvalue weighted by atomic mass is 10.1. The predicted octanol–water partition coefficient (Wildman–Crippen LogP) is 3.41. The number of nitro benzene ring substituents is 1. The van der Waals surface area contributed by atoms with Gasteiger partial charge in [-0.05, 0) is 30.9 Å². The highest BCUT2D eigenvalue weighted by Gasteiger charge is 2.31. The number of nitrogens with zero attached hydrogens (tertiary/aromatic N) is 2. The molecular weight excluding hydrogens is 446 g/mol. The van der Waals surface area contributed by atoms with Crippen molar-refractivity contribution in [2.75, 3.05) is 23.7 Å². The first-order chi connectivity index (χ1) is 15.6. The second kappa shape index (κ2) is 9.86. The number of hydrogen-bond acceptors (Lipinski definition) is 6. The van der Waals surface area contributed by atoms with E-state index < -0.39 is 26.9 Å². The molecule has 0 heterocycles. The van der Waals surface area contributed by atoms with Crippen molar-refractivity contribution >= 4 is 38.1 Å². The Morgan fingerprint density at radius 3 is 2.55 bits per heavy atom. The highest BCUT2D eigenvalue weighted by molar-refractivity contribution is 7.92. The first kappa shape index (κ1) is 24.0. The lowest BCUT2D eigenvalue weighted by Crippen LogP contribution is -2.48. The zero-order valence-corrected chi connectivity index (χ0v) is 19.3. The van der Waals surface area contributed by atoms with Gasteiger partial charge in [0.05, 0.1) is 23.4 Å². The van der Waals surface area contributed by atoms with Gasteiger partial charge in [-0.15, -0.1) is 0 Å². The monoisotopic (exact) mass is 471 g/mol. The van der Waals surface area contributed by atoms with Crippen molar-refractivity contribution < 1.29 is 22.9 Å². The number of carbonyl (C=O) groups is 1. The molecule has 3 aromatic rings. The van der Waals surface area contributed by atoms with Gasteiger partial charge in [-0.3, -0.25) is 19.2 Å². The third kappa shape index (κ3) is 5.58. The van der Waals surface area contributed by atoms with Crippen molar-refractivity contribution in [1.82, 2.24) is 5.32 Å². The van der Waals surface area contributed by atoms with Gasteiger partial charge in [-0.2, -0.15) is 0 Å². The molecule has 9 nitrogen and oxygen atoms in total. The number of benzene rings is 3. The summed E-state index contributed by atoms with van der Waals surface area (Å²) in [4.78, 5) is 23.3. The molecular formula is C23H25N3O6S. The Bertz CT molecular complexity index is 1290. The summed E-state index contributed by atoms with van der Waals surface area (Å²) < 4.78 is 31.7.